The Labute approximate surface area is 88.7 Å². The normalized spacial score (nSPS) is 15.3. The fourth-order valence-corrected chi connectivity index (χ4v) is 1.42. The topological polar surface area (TPSA) is 84.1 Å². The monoisotopic (exact) mass is 208 g/mol. The van der Waals surface area contributed by atoms with Crippen LogP contribution in [0.25, 0.3) is 0 Å². The van der Waals surface area contributed by atoms with Crippen LogP contribution in [-0.2, 0) is 0 Å². The van der Waals surface area contributed by atoms with Crippen molar-refractivity contribution in [2.45, 2.75) is 25.7 Å². The lowest BCUT2D eigenvalue weighted by molar-refractivity contribution is 0.311. The number of aliphatic hydroxyl groups is 1. The zero-order valence-electron chi connectivity index (χ0n) is 8.82. The van der Waals surface area contributed by atoms with Gasteiger partial charge in [0.05, 0.1) is 6.61 Å². The van der Waals surface area contributed by atoms with Gasteiger partial charge in [-0.05, 0) is 19.8 Å². The largest absolute Gasteiger partial charge is 0.395 e. The van der Waals surface area contributed by atoms with Crippen molar-refractivity contribution >= 4 is 11.6 Å². The van der Waals surface area contributed by atoms with Gasteiger partial charge in [0, 0.05) is 18.0 Å². The Balaban J connectivity index is 2.25. The maximum atomic E-state index is 8.74. The van der Waals surface area contributed by atoms with Crippen LogP contribution in [0.3, 0.4) is 0 Å². The van der Waals surface area contributed by atoms with E-state index in [2.05, 4.69) is 15.3 Å². The van der Waals surface area contributed by atoms with E-state index in [0.717, 1.165) is 30.0 Å². The molecule has 0 amide bonds. The third-order valence-electron chi connectivity index (χ3n) is 2.55. The first kappa shape index (κ1) is 10.2. The van der Waals surface area contributed by atoms with E-state index in [0.29, 0.717) is 18.3 Å². The summed E-state index contributed by atoms with van der Waals surface area (Å²) in [6.07, 6.45) is 2.31. The third kappa shape index (κ3) is 2.18. The molecule has 0 saturated heterocycles. The van der Waals surface area contributed by atoms with Crippen molar-refractivity contribution < 1.29 is 5.11 Å². The Morgan fingerprint density at radius 1 is 1.47 bits per heavy atom. The van der Waals surface area contributed by atoms with Gasteiger partial charge in [0.25, 0.3) is 0 Å². The first-order chi connectivity index (χ1) is 7.22. The number of nitrogen functional groups attached to an aromatic ring is 1. The van der Waals surface area contributed by atoms with Crippen LogP contribution in [0.15, 0.2) is 0 Å². The summed E-state index contributed by atoms with van der Waals surface area (Å²) in [5.74, 6) is 2.60. The van der Waals surface area contributed by atoms with E-state index in [1.165, 1.54) is 0 Å². The number of hydrogen-bond acceptors (Lipinski definition) is 5. The van der Waals surface area contributed by atoms with Gasteiger partial charge in [-0.1, -0.05) is 0 Å². The highest BCUT2D eigenvalue weighted by molar-refractivity contribution is 5.55. The Hall–Kier alpha value is -1.36. The standard InChI is InChI=1S/C10H16N4O/c1-6-8(11)13-10(7-2-3-7)14-9(6)12-4-5-15/h7,15H,2-5H2,1H3,(H3,11,12,13,14). The minimum Gasteiger partial charge on any atom is -0.395 e. The third-order valence-corrected chi connectivity index (χ3v) is 2.55. The summed E-state index contributed by atoms with van der Waals surface area (Å²) in [6, 6.07) is 0. The SMILES string of the molecule is Cc1c(N)nc(C2CC2)nc1NCCO. The molecule has 0 spiro atoms. The Kier molecular flexibility index (Phi) is 2.73. The highest BCUT2D eigenvalue weighted by Crippen LogP contribution is 2.39. The molecule has 1 aromatic heterocycles. The highest BCUT2D eigenvalue weighted by Gasteiger charge is 2.27. The van der Waals surface area contributed by atoms with Crippen LogP contribution in [0.1, 0.15) is 30.1 Å². The number of nitrogens with one attached hydrogen (secondary N) is 1. The van der Waals surface area contributed by atoms with Gasteiger partial charge in [0.15, 0.2) is 0 Å². The molecule has 0 radical (unpaired) electrons. The molecule has 4 N–H and O–H groups in total. The molecule has 1 aliphatic carbocycles. The van der Waals surface area contributed by atoms with Gasteiger partial charge in [0.1, 0.15) is 17.5 Å². The van der Waals surface area contributed by atoms with Crippen LogP contribution in [0.5, 0.6) is 0 Å². The molecule has 1 saturated carbocycles. The van der Waals surface area contributed by atoms with Gasteiger partial charge >= 0.3 is 0 Å². The molecule has 2 rings (SSSR count). The Bertz CT molecular complexity index is 363. The second-order valence-corrected chi connectivity index (χ2v) is 3.87. The lowest BCUT2D eigenvalue weighted by atomic mass is 10.3. The molecule has 1 aromatic rings. The fourth-order valence-electron chi connectivity index (χ4n) is 1.42. The Morgan fingerprint density at radius 3 is 2.80 bits per heavy atom. The van der Waals surface area contributed by atoms with E-state index in [-0.39, 0.29) is 6.61 Å². The molecule has 5 nitrogen and oxygen atoms in total. The summed E-state index contributed by atoms with van der Waals surface area (Å²) in [5.41, 5.74) is 6.66. The summed E-state index contributed by atoms with van der Waals surface area (Å²) in [7, 11) is 0. The van der Waals surface area contributed by atoms with Gasteiger partial charge in [-0.2, -0.15) is 0 Å². The zero-order valence-corrected chi connectivity index (χ0v) is 8.82. The summed E-state index contributed by atoms with van der Waals surface area (Å²) in [6.45, 7) is 2.45. The minimum atomic E-state index is 0.0854. The van der Waals surface area contributed by atoms with Gasteiger partial charge in [0.2, 0.25) is 0 Å². The van der Waals surface area contributed by atoms with E-state index >= 15 is 0 Å². The van der Waals surface area contributed by atoms with Gasteiger partial charge < -0.3 is 16.2 Å². The molecule has 1 aliphatic rings. The molecule has 1 fully saturated rings. The number of aliphatic hydroxyl groups excluding tert-OH is 1. The summed E-state index contributed by atoms with van der Waals surface area (Å²) in [4.78, 5) is 8.69. The molecule has 1 heterocycles. The maximum absolute atomic E-state index is 8.74. The number of nitrogens with two attached hydrogens (primary N) is 1. The van der Waals surface area contributed by atoms with Gasteiger partial charge in [-0.3, -0.25) is 0 Å². The Morgan fingerprint density at radius 2 is 2.20 bits per heavy atom. The summed E-state index contributed by atoms with van der Waals surface area (Å²) in [5, 5.41) is 11.8. The fraction of sp³-hybridized carbons (Fsp3) is 0.600. The molecule has 0 aromatic carbocycles. The predicted octanol–water partition coefficient (Wildman–Crippen LogP) is 0.649. The smallest absolute Gasteiger partial charge is 0.136 e. The number of nitrogens with zero attached hydrogens (tertiary/aromatic N) is 2. The number of hydrogen-bond donors (Lipinski definition) is 3. The summed E-state index contributed by atoms with van der Waals surface area (Å²) < 4.78 is 0. The van der Waals surface area contributed by atoms with Crippen LogP contribution in [-0.4, -0.2) is 28.2 Å². The molecule has 5 heteroatoms. The second kappa shape index (κ2) is 4.02. The summed E-state index contributed by atoms with van der Waals surface area (Å²) >= 11 is 0. The zero-order chi connectivity index (χ0) is 10.8. The van der Waals surface area contributed by atoms with Crippen LogP contribution >= 0.6 is 0 Å². The van der Waals surface area contributed by atoms with Gasteiger partial charge in [-0.15, -0.1) is 0 Å². The predicted molar refractivity (Wildman–Crippen MR) is 58.7 cm³/mol. The average molecular weight is 208 g/mol. The maximum Gasteiger partial charge on any atom is 0.136 e. The van der Waals surface area contributed by atoms with E-state index < -0.39 is 0 Å². The first-order valence-electron chi connectivity index (χ1n) is 5.21. The molecule has 0 atom stereocenters. The van der Waals surface area contributed by atoms with Crippen LogP contribution in [0, 0.1) is 6.92 Å². The van der Waals surface area contributed by atoms with Crippen molar-refractivity contribution in [3.63, 3.8) is 0 Å². The quantitative estimate of drug-likeness (QED) is 0.676. The average Bonchev–Trinajstić information content (AvgIpc) is 3.03. The van der Waals surface area contributed by atoms with Crippen molar-refractivity contribution in [2.24, 2.45) is 0 Å². The molecular formula is C10H16N4O. The van der Waals surface area contributed by atoms with Crippen molar-refractivity contribution in [3.8, 4) is 0 Å². The van der Waals surface area contributed by atoms with Crippen molar-refractivity contribution in [1.82, 2.24) is 9.97 Å². The van der Waals surface area contributed by atoms with Crippen molar-refractivity contribution in [3.05, 3.63) is 11.4 Å². The molecular weight excluding hydrogens is 192 g/mol. The molecule has 0 unspecified atom stereocenters. The molecule has 0 bridgehead atoms. The van der Waals surface area contributed by atoms with Crippen LogP contribution in [0.4, 0.5) is 11.6 Å². The van der Waals surface area contributed by atoms with Crippen molar-refractivity contribution in [2.75, 3.05) is 24.2 Å². The number of anilines is 2. The van der Waals surface area contributed by atoms with E-state index in [9.17, 15) is 0 Å². The molecule has 82 valence electrons. The lowest BCUT2D eigenvalue weighted by Gasteiger charge is -2.10. The van der Waals surface area contributed by atoms with E-state index in [4.69, 9.17) is 10.8 Å². The number of aromatic nitrogens is 2. The number of rotatable bonds is 4. The lowest BCUT2D eigenvalue weighted by Crippen LogP contribution is -2.12. The van der Waals surface area contributed by atoms with E-state index in [1.807, 2.05) is 6.92 Å². The minimum absolute atomic E-state index is 0.0854. The first-order valence-corrected chi connectivity index (χ1v) is 5.21. The molecule has 15 heavy (non-hydrogen) atoms. The van der Waals surface area contributed by atoms with Crippen LogP contribution in [0.2, 0.25) is 0 Å². The van der Waals surface area contributed by atoms with Crippen molar-refractivity contribution in [1.29, 1.82) is 0 Å². The molecule has 0 aliphatic heterocycles. The van der Waals surface area contributed by atoms with Gasteiger partial charge in [-0.25, -0.2) is 9.97 Å². The van der Waals surface area contributed by atoms with E-state index in [1.54, 1.807) is 0 Å². The second-order valence-electron chi connectivity index (χ2n) is 3.87. The highest BCUT2D eigenvalue weighted by atomic mass is 16.3. The van der Waals surface area contributed by atoms with Crippen LogP contribution < -0.4 is 11.1 Å².